The van der Waals surface area contributed by atoms with Crippen LogP contribution < -0.4 is 34.0 Å². The number of rotatable bonds is 0. The molecule has 0 aromatic heterocycles. The van der Waals surface area contributed by atoms with Crippen molar-refractivity contribution in [2.24, 2.45) is 0 Å². The zero-order chi connectivity index (χ0) is 24.7. The summed E-state index contributed by atoms with van der Waals surface area (Å²) in [6.07, 6.45) is 45.4. The zero-order valence-electron chi connectivity index (χ0n) is 20.6. The van der Waals surface area contributed by atoms with Crippen LogP contribution in [0.5, 0.6) is 0 Å². The zero-order valence-corrected chi connectivity index (χ0v) is 24.8. The summed E-state index contributed by atoms with van der Waals surface area (Å²) >= 11 is 0. The molecule has 204 valence electrons. The summed E-state index contributed by atoms with van der Waals surface area (Å²) in [6, 6.07) is 0. The Hall–Kier alpha value is -3.65. The van der Waals surface area contributed by atoms with Gasteiger partial charge in [0, 0.05) is 0 Å². The third kappa shape index (κ3) is 11.3. The van der Waals surface area contributed by atoms with E-state index in [4.69, 9.17) is 0 Å². The monoisotopic (exact) mass is 684 g/mol. The second-order valence-corrected chi connectivity index (χ2v) is 7.29. The Bertz CT molecular complexity index is 1030. The van der Waals surface area contributed by atoms with Crippen molar-refractivity contribution in [3.63, 3.8) is 0 Å². The first-order valence-electron chi connectivity index (χ1n) is 11.4. The summed E-state index contributed by atoms with van der Waals surface area (Å²) < 4.78 is 0. The van der Waals surface area contributed by atoms with Crippen LogP contribution in [0.3, 0.4) is 0 Å². The van der Waals surface area contributed by atoms with Gasteiger partial charge in [0.1, 0.15) is 0 Å². The van der Waals surface area contributed by atoms with Crippen molar-refractivity contribution >= 4 is 0 Å². The van der Waals surface area contributed by atoms with E-state index in [-0.39, 0.29) is 50.5 Å². The van der Waals surface area contributed by atoms with Crippen LogP contribution in [0, 0.1) is 0 Å². The molecule has 6 nitrogen and oxygen atoms in total. The van der Waals surface area contributed by atoms with Crippen LogP contribution in [0.25, 0.3) is 31.9 Å². The molecule has 0 amide bonds. The molecule has 6 heterocycles. The molecule has 0 aromatic rings. The molecule has 6 aliphatic heterocycles. The quantitative estimate of drug-likeness (QED) is 0.351. The Morgan fingerprint density at radius 3 is 0.513 bits per heavy atom. The average Bonchev–Trinajstić information content (AvgIpc) is 3.01. The van der Waals surface area contributed by atoms with Crippen molar-refractivity contribution < 1.29 is 50.5 Å². The summed E-state index contributed by atoms with van der Waals surface area (Å²) in [5.74, 6) is 0. The summed E-state index contributed by atoms with van der Waals surface area (Å²) in [6.45, 7) is 0. The molecule has 0 fully saturated rings. The summed E-state index contributed by atoms with van der Waals surface area (Å²) in [4.78, 5) is 0. The van der Waals surface area contributed by atoms with Gasteiger partial charge < -0.3 is 65.9 Å². The Kier molecular flexibility index (Phi) is 16.6. The fraction of sp³-hybridized carbons (Fsp3) is 0. The van der Waals surface area contributed by atoms with Gasteiger partial charge in [0.15, 0.2) is 0 Å². The molecule has 0 aromatic carbocycles. The molecule has 0 aliphatic carbocycles. The van der Waals surface area contributed by atoms with Crippen molar-refractivity contribution in [2.75, 3.05) is 0 Å². The maximum atomic E-state index is 4.19. The smallest absolute Gasteiger partial charge is 1.00 e. The predicted molar refractivity (Wildman–Crippen MR) is 151 cm³/mol. The molecule has 39 heavy (non-hydrogen) atoms. The molecule has 6 rings (SSSR count). The van der Waals surface area contributed by atoms with E-state index in [9.17, 15) is 0 Å². The third-order valence-corrected chi connectivity index (χ3v) is 4.78. The first-order chi connectivity index (χ1) is 17.9. The maximum absolute atomic E-state index is 4.19. The minimum atomic E-state index is 0. The van der Waals surface area contributed by atoms with Crippen molar-refractivity contribution in [1.29, 1.82) is 0 Å². The first-order valence-corrected chi connectivity index (χ1v) is 11.4. The van der Waals surface area contributed by atoms with Crippen LogP contribution in [0.2, 0.25) is 0 Å². The van der Waals surface area contributed by atoms with Gasteiger partial charge in [-0.3, -0.25) is 0 Å². The summed E-state index contributed by atoms with van der Waals surface area (Å²) in [7, 11) is 0. The molecule has 0 saturated carbocycles. The summed E-state index contributed by atoms with van der Waals surface area (Å²) in [5, 5.41) is 25.1. The second kappa shape index (κ2) is 19.4. The molecule has 9 heteroatoms. The molecule has 0 unspecified atom stereocenters. The van der Waals surface area contributed by atoms with Gasteiger partial charge in [0.2, 0.25) is 0 Å². The van der Waals surface area contributed by atoms with Crippen molar-refractivity contribution in [2.45, 2.75) is 0 Å². The molecule has 0 N–H and O–H groups in total. The molecule has 0 saturated heterocycles. The molecular formula is C30H24Br2N6Ni-6. The Morgan fingerprint density at radius 1 is 0.256 bits per heavy atom. The fourth-order valence-electron chi connectivity index (χ4n) is 3.09. The van der Waals surface area contributed by atoms with E-state index in [1.165, 1.54) is 0 Å². The summed E-state index contributed by atoms with van der Waals surface area (Å²) in [5.41, 5.74) is 5.49. The van der Waals surface area contributed by atoms with E-state index in [0.717, 1.165) is 34.2 Å². The van der Waals surface area contributed by atoms with Crippen LogP contribution in [-0.4, -0.2) is 0 Å². The van der Waals surface area contributed by atoms with Crippen LogP contribution in [0.1, 0.15) is 0 Å². The molecule has 0 atom stereocenters. The standard InChI is InChI=1S/3C10H8N2.2BrH.Ni/c3*1-3-7-11-9(5-1)10-6-2-4-8-12-10;;;/h3*1-8H;2*1H;/q3*-2;;;+2/p-2. The molecule has 0 spiro atoms. The Morgan fingerprint density at radius 2 is 0.410 bits per heavy atom. The number of nitrogens with zero attached hydrogens (tertiary/aromatic N) is 6. The largest absolute Gasteiger partial charge is 2.00 e. The van der Waals surface area contributed by atoms with Crippen LogP contribution in [0.4, 0.5) is 0 Å². The SMILES string of the molecule is C1=C[N-]C(=C2C=CC=C[N-]2)C=C1.C1=C[N-]C(=C2C=CC=C[N-]2)C=C1.C1=C[N-]C(=C2C=CC=C[N-]2)C=C1.[Br-].[Br-].[Ni+2]. The normalized spacial score (nSPS) is 23.4. The van der Waals surface area contributed by atoms with E-state index >= 15 is 0 Å². The van der Waals surface area contributed by atoms with Crippen LogP contribution in [-0.2, 0) is 16.5 Å². The van der Waals surface area contributed by atoms with Crippen molar-refractivity contribution in [3.8, 4) is 0 Å². The maximum Gasteiger partial charge on any atom is 2.00 e. The topological polar surface area (TPSA) is 84.6 Å². The number of hydrogen-bond donors (Lipinski definition) is 0. The van der Waals surface area contributed by atoms with Gasteiger partial charge in [-0.15, -0.1) is 0 Å². The number of allylic oxidation sites excluding steroid dienone is 18. The van der Waals surface area contributed by atoms with E-state index in [0.29, 0.717) is 0 Å². The van der Waals surface area contributed by atoms with E-state index < -0.39 is 0 Å². The minimum Gasteiger partial charge on any atom is -1.00 e. The molecular weight excluding hydrogens is 663 g/mol. The van der Waals surface area contributed by atoms with Gasteiger partial charge >= 0.3 is 16.5 Å². The minimum absolute atomic E-state index is 0. The van der Waals surface area contributed by atoms with E-state index in [1.807, 2.05) is 109 Å². The Balaban J connectivity index is 0.000000282. The second-order valence-electron chi connectivity index (χ2n) is 7.29. The van der Waals surface area contributed by atoms with Crippen LogP contribution in [0.15, 0.2) is 181 Å². The van der Waals surface area contributed by atoms with Gasteiger partial charge in [0.05, 0.1) is 0 Å². The fourth-order valence-corrected chi connectivity index (χ4v) is 3.09. The van der Waals surface area contributed by atoms with Gasteiger partial charge in [-0.05, 0) is 0 Å². The van der Waals surface area contributed by atoms with Gasteiger partial charge in [-0.2, -0.15) is 71.4 Å². The van der Waals surface area contributed by atoms with Crippen molar-refractivity contribution in [1.82, 2.24) is 0 Å². The van der Waals surface area contributed by atoms with Gasteiger partial charge in [-0.25, -0.2) is 0 Å². The number of halogens is 2. The number of hydrogen-bond acceptors (Lipinski definition) is 0. The van der Waals surface area contributed by atoms with Crippen molar-refractivity contribution in [3.05, 3.63) is 213 Å². The van der Waals surface area contributed by atoms with Crippen LogP contribution >= 0.6 is 0 Å². The van der Waals surface area contributed by atoms with E-state index in [2.05, 4.69) is 31.9 Å². The molecule has 6 aliphatic rings. The Labute approximate surface area is 261 Å². The van der Waals surface area contributed by atoms with Gasteiger partial charge in [0.25, 0.3) is 0 Å². The molecule has 0 bridgehead atoms. The average molecular weight is 687 g/mol. The third-order valence-electron chi connectivity index (χ3n) is 4.78. The first kappa shape index (κ1) is 33.4. The predicted octanol–water partition coefficient (Wildman–Crippen LogP) is 3.34. The molecule has 0 radical (unpaired) electrons. The van der Waals surface area contributed by atoms with Gasteiger partial charge in [-0.1, -0.05) is 109 Å². The van der Waals surface area contributed by atoms with E-state index in [1.54, 1.807) is 37.2 Å².